The van der Waals surface area contributed by atoms with Gasteiger partial charge in [-0.2, -0.15) is 0 Å². The number of nitrogens with zero attached hydrogens (tertiary/aromatic N) is 1. The van der Waals surface area contributed by atoms with Crippen molar-refractivity contribution in [3.05, 3.63) is 83.6 Å². The van der Waals surface area contributed by atoms with Crippen LogP contribution in [0.1, 0.15) is 35.0 Å². The number of carboxylic acid groups (broad SMARTS) is 1. The van der Waals surface area contributed by atoms with E-state index in [9.17, 15) is 27.9 Å². The van der Waals surface area contributed by atoms with Crippen LogP contribution >= 0.6 is 0 Å². The number of methoxy groups -OCH3 is 1. The average Bonchev–Trinajstić information content (AvgIpc) is 3.16. The van der Waals surface area contributed by atoms with Gasteiger partial charge in [0.05, 0.1) is 24.2 Å². The number of ether oxygens (including phenoxy) is 3. The van der Waals surface area contributed by atoms with Crippen molar-refractivity contribution in [3.8, 4) is 22.9 Å². The summed E-state index contributed by atoms with van der Waals surface area (Å²) in [7, 11) is 1.50. The van der Waals surface area contributed by atoms with E-state index >= 15 is 0 Å². The summed E-state index contributed by atoms with van der Waals surface area (Å²) in [5.41, 5.74) is 1.83. The SMILES string of the molecule is CC[C@@H](Oc1cccc(-n2c(C)c(C(=O)c3ccc(OC)cc3)c3ccc(OC(F)(F)F)cc32)c1)C(=O)[O-].[Na+]. The molecule has 3 aromatic carbocycles. The van der Waals surface area contributed by atoms with Crippen LogP contribution in [0.3, 0.4) is 0 Å². The van der Waals surface area contributed by atoms with E-state index in [0.29, 0.717) is 28.1 Å². The van der Waals surface area contributed by atoms with Crippen molar-refractivity contribution in [2.24, 2.45) is 0 Å². The minimum Gasteiger partial charge on any atom is -0.546 e. The second kappa shape index (κ2) is 12.1. The molecule has 198 valence electrons. The molecule has 0 amide bonds. The Kier molecular flexibility index (Phi) is 9.37. The van der Waals surface area contributed by atoms with E-state index in [2.05, 4.69) is 4.74 Å². The number of carboxylic acids is 1. The Hall–Kier alpha value is -3.47. The summed E-state index contributed by atoms with van der Waals surface area (Å²) in [4.78, 5) is 24.9. The fraction of sp³-hybridized carbons (Fsp3) is 0.214. The van der Waals surface area contributed by atoms with Crippen LogP contribution in [0.15, 0.2) is 66.7 Å². The molecule has 0 aliphatic rings. The molecule has 1 aromatic heterocycles. The van der Waals surface area contributed by atoms with Crippen LogP contribution in [0.2, 0.25) is 0 Å². The molecule has 39 heavy (non-hydrogen) atoms. The molecular weight excluding hydrogens is 526 g/mol. The van der Waals surface area contributed by atoms with Crippen LogP contribution in [0, 0.1) is 6.92 Å². The van der Waals surface area contributed by atoms with E-state index in [0.717, 1.165) is 6.07 Å². The monoisotopic (exact) mass is 549 g/mol. The maximum Gasteiger partial charge on any atom is 1.00 e. The van der Waals surface area contributed by atoms with Gasteiger partial charge in [-0.15, -0.1) is 13.2 Å². The fourth-order valence-corrected chi connectivity index (χ4v) is 4.26. The number of fused-ring (bicyclic) bond motifs is 1. The summed E-state index contributed by atoms with van der Waals surface area (Å²) < 4.78 is 55.3. The summed E-state index contributed by atoms with van der Waals surface area (Å²) in [6.07, 6.45) is -5.93. The summed E-state index contributed by atoms with van der Waals surface area (Å²) in [5, 5.41) is 11.7. The average molecular weight is 549 g/mol. The van der Waals surface area contributed by atoms with E-state index in [1.54, 1.807) is 60.9 Å². The molecule has 11 heteroatoms. The number of carbonyl (C=O) groups excluding carboxylic acids is 2. The van der Waals surface area contributed by atoms with Gasteiger partial charge in [0.1, 0.15) is 23.4 Å². The number of benzene rings is 3. The Bertz CT molecular complexity index is 1500. The van der Waals surface area contributed by atoms with E-state index in [1.165, 1.54) is 25.3 Å². The molecule has 0 bridgehead atoms. The quantitative estimate of drug-likeness (QED) is 0.235. The van der Waals surface area contributed by atoms with Gasteiger partial charge in [0.15, 0.2) is 5.78 Å². The van der Waals surface area contributed by atoms with E-state index < -0.39 is 24.2 Å². The largest absolute Gasteiger partial charge is 1.00 e. The van der Waals surface area contributed by atoms with Gasteiger partial charge in [-0.3, -0.25) is 4.79 Å². The molecule has 0 unspecified atom stereocenters. The molecule has 0 spiro atoms. The maximum atomic E-state index is 13.6. The van der Waals surface area contributed by atoms with Crippen molar-refractivity contribution in [1.82, 2.24) is 4.57 Å². The Morgan fingerprint density at radius 3 is 2.23 bits per heavy atom. The number of ketones is 1. The zero-order valence-corrected chi connectivity index (χ0v) is 23.7. The van der Waals surface area contributed by atoms with Crippen molar-refractivity contribution >= 4 is 22.7 Å². The number of hydrogen-bond acceptors (Lipinski definition) is 6. The van der Waals surface area contributed by atoms with Gasteiger partial charge < -0.3 is 28.7 Å². The van der Waals surface area contributed by atoms with Gasteiger partial charge in [-0.25, -0.2) is 0 Å². The number of hydrogen-bond donors (Lipinski definition) is 0. The molecule has 0 aliphatic heterocycles. The Morgan fingerprint density at radius 1 is 0.974 bits per heavy atom. The molecule has 0 saturated carbocycles. The minimum absolute atomic E-state index is 0. The molecule has 0 aliphatic carbocycles. The Morgan fingerprint density at radius 2 is 1.64 bits per heavy atom. The second-order valence-corrected chi connectivity index (χ2v) is 8.41. The summed E-state index contributed by atoms with van der Waals surface area (Å²) in [6, 6.07) is 16.6. The number of aliphatic carboxylic acids is 1. The van der Waals surface area contributed by atoms with E-state index in [-0.39, 0.29) is 58.6 Å². The van der Waals surface area contributed by atoms with Crippen molar-refractivity contribution < 1.29 is 71.6 Å². The number of carbonyl (C=O) groups is 2. The van der Waals surface area contributed by atoms with Crippen LogP contribution in [-0.2, 0) is 4.79 Å². The molecule has 4 aromatic rings. The van der Waals surface area contributed by atoms with Crippen LogP contribution in [0.5, 0.6) is 17.2 Å². The van der Waals surface area contributed by atoms with Gasteiger partial charge in [-0.1, -0.05) is 13.0 Å². The molecule has 1 atom stereocenters. The van der Waals surface area contributed by atoms with Crippen LogP contribution in [-0.4, -0.2) is 35.9 Å². The van der Waals surface area contributed by atoms with Gasteiger partial charge in [0.2, 0.25) is 0 Å². The predicted octanol–water partition coefficient (Wildman–Crippen LogP) is 1.99. The number of rotatable bonds is 9. The Balaban J connectivity index is 0.00000420. The van der Waals surface area contributed by atoms with Crippen molar-refractivity contribution in [3.63, 3.8) is 0 Å². The first-order valence-corrected chi connectivity index (χ1v) is 11.6. The molecule has 0 radical (unpaired) electrons. The first-order chi connectivity index (χ1) is 18.0. The number of aromatic nitrogens is 1. The third-order valence-corrected chi connectivity index (χ3v) is 5.98. The zero-order chi connectivity index (χ0) is 27.6. The first-order valence-electron chi connectivity index (χ1n) is 11.6. The van der Waals surface area contributed by atoms with E-state index in [4.69, 9.17) is 9.47 Å². The summed E-state index contributed by atoms with van der Waals surface area (Å²) in [6.45, 7) is 3.30. The zero-order valence-electron chi connectivity index (χ0n) is 21.7. The van der Waals surface area contributed by atoms with Crippen molar-refractivity contribution in [2.75, 3.05) is 7.11 Å². The third-order valence-electron chi connectivity index (χ3n) is 5.98. The van der Waals surface area contributed by atoms with Crippen molar-refractivity contribution in [2.45, 2.75) is 32.7 Å². The third kappa shape index (κ3) is 6.58. The topological polar surface area (TPSA) is 89.8 Å². The summed E-state index contributed by atoms with van der Waals surface area (Å²) >= 11 is 0. The van der Waals surface area contributed by atoms with Gasteiger partial charge in [0.25, 0.3) is 0 Å². The molecule has 1 heterocycles. The molecular formula is C28H23F3NNaO6. The maximum absolute atomic E-state index is 13.6. The molecule has 0 saturated heterocycles. The van der Waals surface area contributed by atoms with Gasteiger partial charge >= 0.3 is 35.9 Å². The summed E-state index contributed by atoms with van der Waals surface area (Å²) in [5.74, 6) is -1.39. The number of alkyl halides is 3. The fourth-order valence-electron chi connectivity index (χ4n) is 4.26. The number of halogens is 3. The smallest absolute Gasteiger partial charge is 0.546 e. The Labute approximate surface area is 244 Å². The van der Waals surface area contributed by atoms with E-state index in [1.807, 2.05) is 0 Å². The predicted molar refractivity (Wildman–Crippen MR) is 131 cm³/mol. The normalized spacial score (nSPS) is 11.9. The minimum atomic E-state index is -4.91. The van der Waals surface area contributed by atoms with Gasteiger partial charge in [-0.05, 0) is 61.9 Å². The molecule has 7 nitrogen and oxygen atoms in total. The van der Waals surface area contributed by atoms with Crippen LogP contribution in [0.25, 0.3) is 16.6 Å². The molecule has 0 N–H and O–H groups in total. The standard InChI is InChI=1S/C28H24F3NO6.Na/c1-4-24(27(34)35)37-20-7-5-6-18(14-20)32-16(2)25(26(33)17-8-10-19(36-3)11-9-17)22-13-12-21(15-23(22)32)38-28(29,30)31;/h5-15,24H,4H2,1-3H3,(H,34,35);/q;+1/p-1/t24-;/m1./s1. The van der Waals surface area contributed by atoms with Crippen LogP contribution in [0.4, 0.5) is 13.2 Å². The molecule has 0 fully saturated rings. The van der Waals surface area contributed by atoms with Crippen molar-refractivity contribution in [1.29, 1.82) is 0 Å². The molecule has 4 rings (SSSR count). The van der Waals surface area contributed by atoms with Crippen LogP contribution < -0.4 is 48.9 Å². The first kappa shape index (κ1) is 30.1. The second-order valence-electron chi connectivity index (χ2n) is 8.41. The van der Waals surface area contributed by atoms with Gasteiger partial charge in [0, 0.05) is 34.5 Å².